The SMILES string of the molecule is CN(CCC1(N)C=CC([N+](=O)[O-])=C(N)N1)c1ccc([N+](=O)[O-])c(-c2ccc(Cl)cc2Cl)c1. The van der Waals surface area contributed by atoms with Gasteiger partial charge in [0, 0.05) is 48.4 Å². The van der Waals surface area contributed by atoms with Crippen molar-refractivity contribution in [1.29, 1.82) is 0 Å². The molecule has 1 aliphatic rings. The Morgan fingerprint density at radius 1 is 1.09 bits per heavy atom. The number of nitrogens with zero attached hydrogens (tertiary/aromatic N) is 3. The Hall–Kier alpha value is -3.34. The molecule has 2 aromatic rings. The fourth-order valence-electron chi connectivity index (χ4n) is 3.30. The fourth-order valence-corrected chi connectivity index (χ4v) is 3.82. The van der Waals surface area contributed by atoms with E-state index in [1.807, 2.05) is 4.90 Å². The third kappa shape index (κ3) is 4.93. The minimum atomic E-state index is -1.08. The van der Waals surface area contributed by atoms with Gasteiger partial charge in [0.25, 0.3) is 5.69 Å². The number of halogens is 2. The molecule has 2 aromatic carbocycles. The van der Waals surface area contributed by atoms with Crippen LogP contribution in [0.5, 0.6) is 0 Å². The van der Waals surface area contributed by atoms with E-state index < -0.39 is 15.5 Å². The highest BCUT2D eigenvalue weighted by molar-refractivity contribution is 6.36. The standard InChI is InChI=1S/C20H20Cl2N6O4/c1-26(9-8-20(24)7-6-18(28(31)32)19(23)25-20)13-3-5-17(27(29)30)15(11-13)14-4-2-12(21)10-16(14)22/h2-7,10-11,25H,8-9,23-24H2,1H3. The number of hydrogen-bond acceptors (Lipinski definition) is 8. The Balaban J connectivity index is 1.83. The summed E-state index contributed by atoms with van der Waals surface area (Å²) in [6.45, 7) is 0.417. The van der Waals surface area contributed by atoms with Crippen molar-refractivity contribution in [3.8, 4) is 11.1 Å². The molecule has 0 spiro atoms. The minimum absolute atomic E-state index is 0.0937. The van der Waals surface area contributed by atoms with Gasteiger partial charge in [-0.1, -0.05) is 29.3 Å². The molecule has 1 unspecified atom stereocenters. The molecule has 0 amide bonds. The van der Waals surface area contributed by atoms with Crippen molar-refractivity contribution < 1.29 is 9.85 Å². The second kappa shape index (κ2) is 9.03. The topological polar surface area (TPSA) is 154 Å². The molecule has 0 radical (unpaired) electrons. The highest BCUT2D eigenvalue weighted by Gasteiger charge is 2.30. The molecular formula is C20H20Cl2N6O4. The molecule has 0 aromatic heterocycles. The smallest absolute Gasteiger partial charge is 0.308 e. The zero-order valence-electron chi connectivity index (χ0n) is 16.9. The molecule has 0 aliphatic carbocycles. The summed E-state index contributed by atoms with van der Waals surface area (Å²) >= 11 is 12.2. The summed E-state index contributed by atoms with van der Waals surface area (Å²) in [6, 6.07) is 9.46. The normalized spacial score (nSPS) is 17.8. The minimum Gasteiger partial charge on any atom is -0.380 e. The van der Waals surface area contributed by atoms with E-state index in [4.69, 9.17) is 34.7 Å². The van der Waals surface area contributed by atoms with E-state index in [1.165, 1.54) is 24.3 Å². The Kier molecular flexibility index (Phi) is 6.58. The van der Waals surface area contributed by atoms with Gasteiger partial charge >= 0.3 is 5.70 Å². The van der Waals surface area contributed by atoms with Gasteiger partial charge in [0.05, 0.1) is 20.4 Å². The monoisotopic (exact) mass is 478 g/mol. The van der Waals surface area contributed by atoms with E-state index >= 15 is 0 Å². The third-order valence-corrected chi connectivity index (χ3v) is 5.63. The van der Waals surface area contributed by atoms with Gasteiger partial charge in [-0.2, -0.15) is 0 Å². The van der Waals surface area contributed by atoms with Crippen molar-refractivity contribution in [2.45, 2.75) is 12.1 Å². The molecule has 168 valence electrons. The van der Waals surface area contributed by atoms with Gasteiger partial charge in [-0.05, 0) is 30.3 Å². The van der Waals surface area contributed by atoms with Gasteiger partial charge in [-0.25, -0.2) is 0 Å². The number of nitro groups is 2. The molecule has 1 aliphatic heterocycles. The first-order valence-electron chi connectivity index (χ1n) is 9.36. The molecule has 0 saturated carbocycles. The molecular weight excluding hydrogens is 459 g/mol. The van der Waals surface area contributed by atoms with E-state index in [0.29, 0.717) is 39.8 Å². The first kappa shape index (κ1) is 23.3. The lowest BCUT2D eigenvalue weighted by Crippen LogP contribution is -2.56. The number of hydrogen-bond donors (Lipinski definition) is 3. The average molecular weight is 479 g/mol. The van der Waals surface area contributed by atoms with Crippen LogP contribution in [0.4, 0.5) is 11.4 Å². The lowest BCUT2D eigenvalue weighted by molar-refractivity contribution is -0.421. The van der Waals surface area contributed by atoms with Crippen LogP contribution in [0.3, 0.4) is 0 Å². The summed E-state index contributed by atoms with van der Waals surface area (Å²) in [4.78, 5) is 23.3. The van der Waals surface area contributed by atoms with Crippen molar-refractivity contribution in [3.63, 3.8) is 0 Å². The molecule has 0 fully saturated rings. The summed E-state index contributed by atoms with van der Waals surface area (Å²) in [5, 5.41) is 26.0. The number of nitrogens with two attached hydrogens (primary N) is 2. The van der Waals surface area contributed by atoms with Crippen LogP contribution in [-0.4, -0.2) is 29.1 Å². The second-order valence-electron chi connectivity index (χ2n) is 7.31. The van der Waals surface area contributed by atoms with Crippen LogP contribution in [-0.2, 0) is 0 Å². The highest BCUT2D eigenvalue weighted by Crippen LogP contribution is 2.38. The quantitative estimate of drug-likeness (QED) is 0.402. The maximum absolute atomic E-state index is 11.6. The lowest BCUT2D eigenvalue weighted by Gasteiger charge is -2.32. The number of benzene rings is 2. The lowest BCUT2D eigenvalue weighted by atomic mass is 10.0. The Morgan fingerprint density at radius 3 is 2.41 bits per heavy atom. The van der Waals surface area contributed by atoms with Crippen molar-refractivity contribution in [2.24, 2.45) is 11.5 Å². The van der Waals surface area contributed by atoms with Crippen LogP contribution >= 0.6 is 23.2 Å². The number of anilines is 1. The molecule has 12 heteroatoms. The summed E-state index contributed by atoms with van der Waals surface area (Å²) in [5.74, 6) is -0.113. The molecule has 0 bridgehead atoms. The zero-order valence-corrected chi connectivity index (χ0v) is 18.4. The fraction of sp³-hybridized carbons (Fsp3) is 0.200. The Labute approximate surface area is 193 Å². The van der Waals surface area contributed by atoms with Crippen LogP contribution in [0.25, 0.3) is 11.1 Å². The average Bonchev–Trinajstić information content (AvgIpc) is 2.71. The predicted octanol–water partition coefficient (Wildman–Crippen LogP) is 3.61. The summed E-state index contributed by atoms with van der Waals surface area (Å²) < 4.78 is 0. The maximum Gasteiger partial charge on any atom is 0.308 e. The maximum atomic E-state index is 11.6. The van der Waals surface area contributed by atoms with Crippen LogP contribution in [0, 0.1) is 20.2 Å². The van der Waals surface area contributed by atoms with Crippen LogP contribution < -0.4 is 21.7 Å². The van der Waals surface area contributed by atoms with Gasteiger partial charge in [0.1, 0.15) is 5.66 Å². The summed E-state index contributed by atoms with van der Waals surface area (Å²) in [5.41, 5.74) is 12.1. The summed E-state index contributed by atoms with van der Waals surface area (Å²) in [7, 11) is 1.80. The van der Waals surface area contributed by atoms with Gasteiger partial charge in [-0.15, -0.1) is 0 Å². The van der Waals surface area contributed by atoms with Crippen molar-refractivity contribution in [3.05, 3.63) is 90.3 Å². The number of allylic oxidation sites excluding steroid dienone is 1. The zero-order chi connectivity index (χ0) is 23.6. The number of nitro benzene ring substituents is 1. The van der Waals surface area contributed by atoms with Crippen LogP contribution in [0.15, 0.2) is 60.1 Å². The molecule has 5 N–H and O–H groups in total. The summed E-state index contributed by atoms with van der Waals surface area (Å²) in [6.07, 6.45) is 3.11. The number of nitrogens with one attached hydrogen (secondary N) is 1. The molecule has 32 heavy (non-hydrogen) atoms. The van der Waals surface area contributed by atoms with Crippen LogP contribution in [0.2, 0.25) is 10.0 Å². The van der Waals surface area contributed by atoms with Crippen LogP contribution in [0.1, 0.15) is 6.42 Å². The Morgan fingerprint density at radius 2 is 1.81 bits per heavy atom. The van der Waals surface area contributed by atoms with E-state index in [1.54, 1.807) is 31.3 Å². The van der Waals surface area contributed by atoms with E-state index in [-0.39, 0.29) is 17.2 Å². The van der Waals surface area contributed by atoms with Gasteiger partial charge < -0.3 is 21.7 Å². The molecule has 3 rings (SSSR count). The Bertz CT molecular complexity index is 1150. The van der Waals surface area contributed by atoms with Gasteiger partial charge in [0.15, 0.2) is 5.82 Å². The van der Waals surface area contributed by atoms with E-state index in [2.05, 4.69) is 5.32 Å². The van der Waals surface area contributed by atoms with E-state index in [0.717, 1.165) is 0 Å². The van der Waals surface area contributed by atoms with E-state index in [9.17, 15) is 20.2 Å². The highest BCUT2D eigenvalue weighted by atomic mass is 35.5. The number of rotatable bonds is 7. The first-order chi connectivity index (χ1) is 15.0. The van der Waals surface area contributed by atoms with Crippen molar-refractivity contribution >= 4 is 34.6 Å². The predicted molar refractivity (Wildman–Crippen MR) is 124 cm³/mol. The largest absolute Gasteiger partial charge is 0.380 e. The number of dihydropyridines is 1. The molecule has 0 saturated heterocycles. The molecule has 10 nitrogen and oxygen atoms in total. The molecule has 1 heterocycles. The van der Waals surface area contributed by atoms with Gasteiger partial charge in [-0.3, -0.25) is 20.2 Å². The van der Waals surface area contributed by atoms with Gasteiger partial charge in [0.2, 0.25) is 0 Å². The molecule has 1 atom stereocenters. The first-order valence-corrected chi connectivity index (χ1v) is 10.1. The third-order valence-electron chi connectivity index (χ3n) is 5.08. The van der Waals surface area contributed by atoms with Crippen molar-refractivity contribution in [1.82, 2.24) is 5.32 Å². The van der Waals surface area contributed by atoms with Crippen molar-refractivity contribution in [2.75, 3.05) is 18.5 Å². The second-order valence-corrected chi connectivity index (χ2v) is 8.15.